The number of alkyl halides is 3. The molecule has 222 valence electrons. The first-order chi connectivity index (χ1) is 18.3. The molecule has 2 rings (SSSR count). The van der Waals surface area contributed by atoms with Gasteiger partial charge in [0.25, 0.3) is 0 Å². The second kappa shape index (κ2) is 13.4. The molecule has 0 aliphatic carbocycles. The summed E-state index contributed by atoms with van der Waals surface area (Å²) in [6.07, 6.45) is -3.71. The molecule has 13 heteroatoms. The summed E-state index contributed by atoms with van der Waals surface area (Å²) in [6.45, 7) is 6.85. The lowest BCUT2D eigenvalue weighted by molar-refractivity contribution is -0.142. The smallest absolute Gasteiger partial charge is 0.350 e. The fourth-order valence-corrected chi connectivity index (χ4v) is 5.54. The zero-order chi connectivity index (χ0) is 30.5. The number of sulfonamides is 1. The Labute approximate surface area is 243 Å². The van der Waals surface area contributed by atoms with Gasteiger partial charge in [-0.15, -0.1) is 0 Å². The SMILES string of the molecule is CCC(C(=O)NC(C)(C)C)N(Cc1c(Cl)cccc1Cl)C(=O)CCCN(c1cccc(C(F)(F)F)c1)S(C)(=O)=O. The minimum absolute atomic E-state index is 0.0216. The molecule has 0 fully saturated rings. The fraction of sp³-hybridized carbons (Fsp3) is 0.481. The molecule has 0 saturated carbocycles. The molecule has 0 aromatic heterocycles. The maximum absolute atomic E-state index is 13.5. The number of carbonyl (C=O) groups is 2. The molecule has 1 N–H and O–H groups in total. The Bertz CT molecular complexity index is 1290. The van der Waals surface area contributed by atoms with Crippen LogP contribution in [0.3, 0.4) is 0 Å². The summed E-state index contributed by atoms with van der Waals surface area (Å²) in [6, 6.07) is 7.97. The van der Waals surface area contributed by atoms with Crippen molar-refractivity contribution in [1.82, 2.24) is 10.2 Å². The maximum Gasteiger partial charge on any atom is 0.416 e. The van der Waals surface area contributed by atoms with Crippen LogP contribution >= 0.6 is 23.2 Å². The van der Waals surface area contributed by atoms with Crippen molar-refractivity contribution in [3.63, 3.8) is 0 Å². The monoisotopic (exact) mass is 623 g/mol. The number of benzene rings is 2. The van der Waals surface area contributed by atoms with Gasteiger partial charge in [0.05, 0.1) is 17.5 Å². The van der Waals surface area contributed by atoms with E-state index < -0.39 is 39.3 Å². The van der Waals surface area contributed by atoms with Crippen LogP contribution in [0.1, 0.15) is 58.1 Å². The number of hydrogen-bond acceptors (Lipinski definition) is 4. The largest absolute Gasteiger partial charge is 0.416 e. The van der Waals surface area contributed by atoms with Gasteiger partial charge >= 0.3 is 6.18 Å². The number of anilines is 1. The van der Waals surface area contributed by atoms with Crippen molar-refractivity contribution in [3.8, 4) is 0 Å². The number of hydrogen-bond donors (Lipinski definition) is 1. The van der Waals surface area contributed by atoms with E-state index >= 15 is 0 Å². The first-order valence-corrected chi connectivity index (χ1v) is 15.1. The Morgan fingerprint density at radius 2 is 1.60 bits per heavy atom. The van der Waals surface area contributed by atoms with Gasteiger partial charge in [0.2, 0.25) is 21.8 Å². The van der Waals surface area contributed by atoms with E-state index in [-0.39, 0.29) is 43.9 Å². The molecule has 0 bridgehead atoms. The minimum atomic E-state index is -4.65. The molecule has 2 aromatic carbocycles. The summed E-state index contributed by atoms with van der Waals surface area (Å²) in [7, 11) is -3.97. The van der Waals surface area contributed by atoms with Crippen LogP contribution in [0.25, 0.3) is 0 Å². The van der Waals surface area contributed by atoms with Gasteiger partial charge in [-0.1, -0.05) is 42.3 Å². The third kappa shape index (κ3) is 9.55. The number of rotatable bonds is 11. The van der Waals surface area contributed by atoms with Gasteiger partial charge in [0, 0.05) is 40.7 Å². The lowest BCUT2D eigenvalue weighted by Crippen LogP contribution is -2.53. The summed E-state index contributed by atoms with van der Waals surface area (Å²) >= 11 is 12.7. The topological polar surface area (TPSA) is 86.8 Å². The van der Waals surface area contributed by atoms with Crippen molar-refractivity contribution >= 4 is 50.7 Å². The van der Waals surface area contributed by atoms with Crippen molar-refractivity contribution < 1.29 is 31.2 Å². The van der Waals surface area contributed by atoms with Crippen LogP contribution in [0, 0.1) is 0 Å². The molecule has 40 heavy (non-hydrogen) atoms. The van der Waals surface area contributed by atoms with E-state index in [4.69, 9.17) is 23.2 Å². The predicted octanol–water partition coefficient (Wildman–Crippen LogP) is 6.28. The number of nitrogens with zero attached hydrogens (tertiary/aromatic N) is 2. The summed E-state index contributed by atoms with van der Waals surface area (Å²) in [5.74, 6) is -0.849. The van der Waals surface area contributed by atoms with Crippen molar-refractivity contribution in [1.29, 1.82) is 0 Å². The van der Waals surface area contributed by atoms with Crippen LogP contribution in [0.2, 0.25) is 10.0 Å². The van der Waals surface area contributed by atoms with E-state index in [1.54, 1.807) is 25.1 Å². The summed E-state index contributed by atoms with van der Waals surface area (Å²) in [5.41, 5.74) is -1.28. The molecular weight excluding hydrogens is 590 g/mol. The molecule has 2 amide bonds. The van der Waals surface area contributed by atoms with Crippen molar-refractivity contribution in [2.24, 2.45) is 0 Å². The first kappa shape index (κ1) is 33.7. The molecule has 0 heterocycles. The number of carbonyl (C=O) groups excluding carboxylic acids is 2. The third-order valence-corrected chi connectivity index (χ3v) is 7.79. The van der Waals surface area contributed by atoms with Crippen molar-refractivity contribution in [3.05, 3.63) is 63.6 Å². The van der Waals surface area contributed by atoms with E-state index in [2.05, 4.69) is 5.32 Å². The molecule has 0 aliphatic rings. The zero-order valence-electron chi connectivity index (χ0n) is 23.0. The second-order valence-corrected chi connectivity index (χ2v) is 13.1. The number of halogens is 5. The highest BCUT2D eigenvalue weighted by molar-refractivity contribution is 7.92. The fourth-order valence-electron chi connectivity index (χ4n) is 4.07. The molecule has 0 spiro atoms. The Kier molecular flexibility index (Phi) is 11.3. The number of nitrogens with one attached hydrogen (secondary N) is 1. The highest BCUT2D eigenvalue weighted by atomic mass is 35.5. The molecule has 0 aliphatic heterocycles. The Morgan fingerprint density at radius 3 is 2.10 bits per heavy atom. The minimum Gasteiger partial charge on any atom is -0.350 e. The van der Waals surface area contributed by atoms with Gasteiger partial charge < -0.3 is 10.2 Å². The molecule has 1 atom stereocenters. The number of amides is 2. The standard InChI is InChI=1S/C27H34Cl2F3N3O4S/c1-6-23(25(37)33-26(2,3)4)34(17-20-21(28)12-8-13-22(20)29)24(36)14-9-15-35(40(5,38)39)19-11-7-10-18(16-19)27(30,31)32/h7-8,10-13,16,23H,6,9,14-15,17H2,1-5H3,(H,33,37). The zero-order valence-corrected chi connectivity index (χ0v) is 25.3. The van der Waals surface area contributed by atoms with E-state index in [1.807, 2.05) is 20.8 Å². The van der Waals surface area contributed by atoms with E-state index in [1.165, 1.54) is 11.0 Å². The predicted molar refractivity (Wildman–Crippen MR) is 152 cm³/mol. The van der Waals surface area contributed by atoms with Gasteiger partial charge in [-0.3, -0.25) is 13.9 Å². The lowest BCUT2D eigenvalue weighted by Gasteiger charge is -2.33. The summed E-state index contributed by atoms with van der Waals surface area (Å²) in [5, 5.41) is 3.49. The van der Waals surface area contributed by atoms with E-state index in [0.717, 1.165) is 28.8 Å². The summed E-state index contributed by atoms with van der Waals surface area (Å²) in [4.78, 5) is 28.0. The van der Waals surface area contributed by atoms with E-state index in [9.17, 15) is 31.2 Å². The van der Waals surface area contributed by atoms with Crippen LogP contribution in [-0.4, -0.2) is 49.5 Å². The molecule has 0 radical (unpaired) electrons. The third-order valence-electron chi connectivity index (χ3n) is 5.89. The van der Waals surface area contributed by atoms with Crippen molar-refractivity contribution in [2.45, 2.75) is 71.3 Å². The van der Waals surface area contributed by atoms with Gasteiger partial charge in [0.1, 0.15) is 6.04 Å². The molecule has 7 nitrogen and oxygen atoms in total. The van der Waals surface area contributed by atoms with Crippen LogP contribution in [0.5, 0.6) is 0 Å². The molecule has 2 aromatic rings. The van der Waals surface area contributed by atoms with Crippen LogP contribution < -0.4 is 9.62 Å². The maximum atomic E-state index is 13.5. The molecule has 0 saturated heterocycles. The Morgan fingerprint density at radius 1 is 1.02 bits per heavy atom. The Hall–Kier alpha value is -2.50. The van der Waals surface area contributed by atoms with Crippen molar-refractivity contribution in [2.75, 3.05) is 17.1 Å². The lowest BCUT2D eigenvalue weighted by atomic mass is 10.0. The first-order valence-electron chi connectivity index (χ1n) is 12.5. The highest BCUT2D eigenvalue weighted by Crippen LogP contribution is 2.32. The second-order valence-electron chi connectivity index (χ2n) is 10.4. The molecular formula is C27H34Cl2F3N3O4S. The average Bonchev–Trinajstić information content (AvgIpc) is 2.81. The van der Waals surface area contributed by atoms with Crippen LogP contribution in [0.15, 0.2) is 42.5 Å². The van der Waals surface area contributed by atoms with Gasteiger partial charge in [-0.25, -0.2) is 8.42 Å². The molecule has 1 unspecified atom stereocenters. The average molecular weight is 625 g/mol. The van der Waals surface area contributed by atoms with Gasteiger partial charge in [-0.2, -0.15) is 13.2 Å². The Balaban J connectivity index is 2.33. The normalized spacial score (nSPS) is 13.1. The summed E-state index contributed by atoms with van der Waals surface area (Å²) < 4.78 is 65.4. The quantitative estimate of drug-likeness (QED) is 0.319. The van der Waals surface area contributed by atoms with E-state index in [0.29, 0.717) is 15.6 Å². The highest BCUT2D eigenvalue weighted by Gasteiger charge is 2.33. The van der Waals surface area contributed by atoms with Gasteiger partial charge in [0.15, 0.2) is 0 Å². The van der Waals surface area contributed by atoms with Gasteiger partial charge in [-0.05, 0) is 63.9 Å². The van der Waals surface area contributed by atoms with Crippen LogP contribution in [0.4, 0.5) is 18.9 Å². The van der Waals surface area contributed by atoms with Crippen LogP contribution in [-0.2, 0) is 32.3 Å².